The predicted octanol–water partition coefficient (Wildman–Crippen LogP) is 4.26. The molecule has 3 aromatic rings. The number of rotatable bonds is 7. The van der Waals surface area contributed by atoms with Crippen LogP contribution in [0.4, 0.5) is 5.95 Å². The van der Waals surface area contributed by atoms with E-state index in [9.17, 15) is 4.79 Å². The van der Waals surface area contributed by atoms with E-state index in [1.165, 1.54) is 0 Å². The SMILES string of the molecule is CCCn1c(NC(=O)c2ccccc2OCC2CCCO2)nc2ccccc21. The van der Waals surface area contributed by atoms with Gasteiger partial charge in [0, 0.05) is 13.2 Å². The van der Waals surface area contributed by atoms with Crippen molar-refractivity contribution in [2.24, 2.45) is 0 Å². The maximum absolute atomic E-state index is 13.0. The van der Waals surface area contributed by atoms with Gasteiger partial charge in [-0.15, -0.1) is 0 Å². The van der Waals surface area contributed by atoms with Crippen LogP contribution in [0.5, 0.6) is 5.75 Å². The van der Waals surface area contributed by atoms with Crippen molar-refractivity contribution in [2.75, 3.05) is 18.5 Å². The summed E-state index contributed by atoms with van der Waals surface area (Å²) < 4.78 is 13.6. The normalized spacial score (nSPS) is 16.4. The van der Waals surface area contributed by atoms with Crippen LogP contribution in [-0.4, -0.2) is 34.8 Å². The van der Waals surface area contributed by atoms with Crippen LogP contribution in [0.2, 0.25) is 0 Å². The number of hydrogen-bond donors (Lipinski definition) is 1. The minimum Gasteiger partial charge on any atom is -0.490 e. The maximum Gasteiger partial charge on any atom is 0.261 e. The molecule has 4 rings (SSSR count). The Hall–Kier alpha value is -2.86. The van der Waals surface area contributed by atoms with Crippen molar-refractivity contribution in [3.63, 3.8) is 0 Å². The van der Waals surface area contributed by atoms with Gasteiger partial charge in [0.2, 0.25) is 5.95 Å². The number of anilines is 1. The van der Waals surface area contributed by atoms with E-state index in [2.05, 4.69) is 17.2 Å². The number of nitrogens with zero attached hydrogens (tertiary/aromatic N) is 2. The highest BCUT2D eigenvalue weighted by atomic mass is 16.5. The third-order valence-corrected chi connectivity index (χ3v) is 4.91. The Balaban J connectivity index is 1.55. The molecule has 6 nitrogen and oxygen atoms in total. The lowest BCUT2D eigenvalue weighted by Gasteiger charge is -2.15. The molecule has 1 aliphatic rings. The standard InChI is InChI=1S/C22H25N3O3/c1-2-13-25-19-11-5-4-10-18(19)23-22(25)24-21(26)17-9-3-6-12-20(17)28-15-16-8-7-14-27-16/h3-6,9-12,16H,2,7-8,13-15H2,1H3,(H,23,24,26). The van der Waals surface area contributed by atoms with Crippen LogP contribution in [0.25, 0.3) is 11.0 Å². The predicted molar refractivity (Wildman–Crippen MR) is 109 cm³/mol. The second-order valence-corrected chi connectivity index (χ2v) is 6.97. The van der Waals surface area contributed by atoms with E-state index < -0.39 is 0 Å². The Morgan fingerprint density at radius 3 is 2.89 bits per heavy atom. The zero-order valence-electron chi connectivity index (χ0n) is 16.1. The second-order valence-electron chi connectivity index (χ2n) is 6.97. The maximum atomic E-state index is 13.0. The van der Waals surface area contributed by atoms with E-state index in [1.807, 2.05) is 47.0 Å². The number of aryl methyl sites for hydroxylation is 1. The highest BCUT2D eigenvalue weighted by Crippen LogP contribution is 2.24. The highest BCUT2D eigenvalue weighted by molar-refractivity contribution is 6.06. The van der Waals surface area contributed by atoms with Crippen LogP contribution in [0.15, 0.2) is 48.5 Å². The summed E-state index contributed by atoms with van der Waals surface area (Å²) in [5, 5.41) is 2.97. The van der Waals surface area contributed by atoms with Crippen molar-refractivity contribution in [3.8, 4) is 5.75 Å². The Kier molecular flexibility index (Phi) is 5.58. The van der Waals surface area contributed by atoms with Crippen molar-refractivity contribution in [3.05, 3.63) is 54.1 Å². The van der Waals surface area contributed by atoms with Gasteiger partial charge in [-0.1, -0.05) is 31.2 Å². The number of ether oxygens (including phenoxy) is 2. The van der Waals surface area contributed by atoms with Gasteiger partial charge in [0.15, 0.2) is 0 Å². The smallest absolute Gasteiger partial charge is 0.261 e. The summed E-state index contributed by atoms with van der Waals surface area (Å²) >= 11 is 0. The molecule has 6 heteroatoms. The molecular weight excluding hydrogens is 354 g/mol. The van der Waals surface area contributed by atoms with Crippen LogP contribution in [0.3, 0.4) is 0 Å². The van der Waals surface area contributed by atoms with E-state index in [1.54, 1.807) is 6.07 Å². The monoisotopic (exact) mass is 379 g/mol. The van der Waals surface area contributed by atoms with Crippen molar-refractivity contribution >= 4 is 22.9 Å². The van der Waals surface area contributed by atoms with Crippen LogP contribution >= 0.6 is 0 Å². The van der Waals surface area contributed by atoms with Crippen LogP contribution < -0.4 is 10.1 Å². The van der Waals surface area contributed by atoms with Crippen molar-refractivity contribution in [2.45, 2.75) is 38.8 Å². The molecule has 0 saturated carbocycles. The first-order valence-electron chi connectivity index (χ1n) is 9.86. The minimum absolute atomic E-state index is 0.102. The Bertz CT molecular complexity index is 961. The average Bonchev–Trinajstić information content (AvgIpc) is 3.35. The van der Waals surface area contributed by atoms with Gasteiger partial charge >= 0.3 is 0 Å². The third kappa shape index (κ3) is 3.87. The van der Waals surface area contributed by atoms with Gasteiger partial charge in [0.25, 0.3) is 5.91 Å². The fraction of sp³-hybridized carbons (Fsp3) is 0.364. The molecule has 2 aromatic carbocycles. The minimum atomic E-state index is -0.226. The molecule has 1 atom stereocenters. The molecule has 2 heterocycles. The first-order valence-corrected chi connectivity index (χ1v) is 9.86. The van der Waals surface area contributed by atoms with Gasteiger partial charge in [-0.2, -0.15) is 0 Å². The fourth-order valence-electron chi connectivity index (χ4n) is 3.53. The number of fused-ring (bicyclic) bond motifs is 1. The quantitative estimate of drug-likeness (QED) is 0.666. The molecule has 1 aliphatic heterocycles. The van der Waals surface area contributed by atoms with Gasteiger partial charge in [-0.05, 0) is 43.5 Å². The fourth-order valence-corrected chi connectivity index (χ4v) is 3.53. The summed E-state index contributed by atoms with van der Waals surface area (Å²) in [5.74, 6) is 0.895. The van der Waals surface area contributed by atoms with Crippen molar-refractivity contribution < 1.29 is 14.3 Å². The molecule has 1 unspecified atom stereocenters. The molecular formula is C22H25N3O3. The van der Waals surface area contributed by atoms with E-state index in [4.69, 9.17) is 9.47 Å². The molecule has 1 fully saturated rings. The highest BCUT2D eigenvalue weighted by Gasteiger charge is 2.20. The Morgan fingerprint density at radius 2 is 2.07 bits per heavy atom. The van der Waals surface area contributed by atoms with E-state index in [0.29, 0.717) is 23.9 Å². The first-order chi connectivity index (χ1) is 13.8. The topological polar surface area (TPSA) is 65.4 Å². The number of hydrogen-bond acceptors (Lipinski definition) is 4. The number of amides is 1. The largest absolute Gasteiger partial charge is 0.490 e. The molecule has 1 N–H and O–H groups in total. The summed E-state index contributed by atoms with van der Waals surface area (Å²) in [6.07, 6.45) is 3.11. The van der Waals surface area contributed by atoms with E-state index in [-0.39, 0.29) is 12.0 Å². The summed E-state index contributed by atoms with van der Waals surface area (Å²) in [6, 6.07) is 15.2. The van der Waals surface area contributed by atoms with Crippen LogP contribution in [0.1, 0.15) is 36.5 Å². The lowest BCUT2D eigenvalue weighted by molar-refractivity contribution is 0.0673. The van der Waals surface area contributed by atoms with Gasteiger partial charge in [0.1, 0.15) is 12.4 Å². The number of imidazole rings is 1. The van der Waals surface area contributed by atoms with Crippen molar-refractivity contribution in [1.29, 1.82) is 0 Å². The summed E-state index contributed by atoms with van der Waals surface area (Å²) in [6.45, 7) is 4.13. The molecule has 28 heavy (non-hydrogen) atoms. The van der Waals surface area contributed by atoms with Gasteiger partial charge < -0.3 is 14.0 Å². The van der Waals surface area contributed by atoms with Gasteiger partial charge in [-0.25, -0.2) is 4.98 Å². The number of para-hydroxylation sites is 3. The summed E-state index contributed by atoms with van der Waals surface area (Å²) in [4.78, 5) is 17.6. The lowest BCUT2D eigenvalue weighted by Crippen LogP contribution is -2.20. The number of carbonyl (C=O) groups is 1. The van der Waals surface area contributed by atoms with Crippen LogP contribution in [0, 0.1) is 0 Å². The first kappa shape index (κ1) is 18.5. The van der Waals surface area contributed by atoms with Gasteiger partial charge in [-0.3, -0.25) is 10.1 Å². The molecule has 146 valence electrons. The molecule has 0 aliphatic carbocycles. The third-order valence-electron chi connectivity index (χ3n) is 4.91. The summed E-state index contributed by atoms with van der Waals surface area (Å²) in [5.41, 5.74) is 2.38. The number of benzene rings is 2. The molecule has 0 radical (unpaired) electrons. The Labute approximate surface area is 164 Å². The lowest BCUT2D eigenvalue weighted by atomic mass is 10.2. The molecule has 0 spiro atoms. The van der Waals surface area contributed by atoms with E-state index in [0.717, 1.165) is 43.4 Å². The number of carbonyl (C=O) groups excluding carboxylic acids is 1. The Morgan fingerprint density at radius 1 is 1.25 bits per heavy atom. The zero-order valence-corrected chi connectivity index (χ0v) is 16.1. The van der Waals surface area contributed by atoms with Gasteiger partial charge in [0.05, 0.1) is 22.7 Å². The van der Waals surface area contributed by atoms with Crippen LogP contribution in [-0.2, 0) is 11.3 Å². The number of nitrogens with one attached hydrogen (secondary N) is 1. The van der Waals surface area contributed by atoms with Crippen molar-refractivity contribution in [1.82, 2.24) is 9.55 Å². The summed E-state index contributed by atoms with van der Waals surface area (Å²) in [7, 11) is 0. The zero-order chi connectivity index (χ0) is 19.3. The molecule has 1 saturated heterocycles. The average molecular weight is 379 g/mol. The molecule has 1 aromatic heterocycles. The number of aromatic nitrogens is 2. The molecule has 0 bridgehead atoms. The second kappa shape index (κ2) is 8.44. The van der Waals surface area contributed by atoms with E-state index >= 15 is 0 Å². The molecule has 1 amide bonds.